The van der Waals surface area contributed by atoms with Crippen molar-refractivity contribution in [2.24, 2.45) is 0 Å². The van der Waals surface area contributed by atoms with Crippen LogP contribution in [0.3, 0.4) is 0 Å². The van der Waals surface area contributed by atoms with Gasteiger partial charge in [-0.1, -0.05) is 0 Å². The predicted molar refractivity (Wildman–Crippen MR) is 66.7 cm³/mol. The molecule has 0 radical (unpaired) electrons. The van der Waals surface area contributed by atoms with Crippen LogP contribution < -0.4 is 4.74 Å². The molecule has 0 bridgehead atoms. The Morgan fingerprint density at radius 2 is 1.81 bits per heavy atom. The van der Waals surface area contributed by atoms with Gasteiger partial charge in [-0.15, -0.1) is 11.6 Å². The van der Waals surface area contributed by atoms with Gasteiger partial charge >= 0.3 is 0 Å². The van der Waals surface area contributed by atoms with Crippen molar-refractivity contribution in [3.63, 3.8) is 0 Å². The number of rotatable bonds is 4. The smallest absolute Gasteiger partial charge is 0.178 e. The van der Waals surface area contributed by atoms with Crippen LogP contribution in [-0.4, -0.2) is 17.8 Å². The number of carbonyl (C=O) groups is 1. The number of alkyl halides is 1. The number of hydrogen-bond donors (Lipinski definition) is 0. The fraction of sp³-hybridized carbons (Fsp3) is 0.462. The Balaban J connectivity index is 3.12. The molecule has 0 aliphatic carbocycles. The summed E-state index contributed by atoms with van der Waals surface area (Å²) >= 11 is 5.57. The third-order valence-corrected chi connectivity index (χ3v) is 2.52. The van der Waals surface area contributed by atoms with Gasteiger partial charge in [0, 0.05) is 5.56 Å². The van der Waals surface area contributed by atoms with Gasteiger partial charge in [0.25, 0.3) is 0 Å². The first-order valence-corrected chi connectivity index (χ1v) is 5.86. The normalized spacial score (nSPS) is 10.6. The first-order valence-electron chi connectivity index (χ1n) is 5.32. The number of aryl methyl sites for hydroxylation is 2. The van der Waals surface area contributed by atoms with E-state index in [4.69, 9.17) is 16.3 Å². The highest BCUT2D eigenvalue weighted by molar-refractivity contribution is 6.30. The van der Waals surface area contributed by atoms with Gasteiger partial charge in [0.05, 0.1) is 12.0 Å². The minimum absolute atomic E-state index is 0.0199. The molecule has 0 heterocycles. The van der Waals surface area contributed by atoms with E-state index >= 15 is 0 Å². The Labute approximate surface area is 102 Å². The summed E-state index contributed by atoms with van der Waals surface area (Å²) in [5, 5.41) is 0. The van der Waals surface area contributed by atoms with Crippen molar-refractivity contribution < 1.29 is 9.53 Å². The molecule has 2 nitrogen and oxygen atoms in total. The van der Waals surface area contributed by atoms with Crippen LogP contribution in [-0.2, 0) is 0 Å². The van der Waals surface area contributed by atoms with Gasteiger partial charge in [0.1, 0.15) is 5.75 Å². The molecule has 0 aliphatic rings. The minimum atomic E-state index is -0.0345. The van der Waals surface area contributed by atoms with E-state index in [0.717, 1.165) is 16.9 Å². The summed E-state index contributed by atoms with van der Waals surface area (Å²) in [5.74, 6) is 0.787. The quantitative estimate of drug-likeness (QED) is 0.595. The molecule has 0 unspecified atom stereocenters. The van der Waals surface area contributed by atoms with Crippen molar-refractivity contribution in [1.82, 2.24) is 0 Å². The number of halogens is 1. The van der Waals surface area contributed by atoms with Crippen LogP contribution in [0.15, 0.2) is 12.1 Å². The molecule has 88 valence electrons. The average Bonchev–Trinajstić information content (AvgIpc) is 2.15. The maximum absolute atomic E-state index is 11.6. The van der Waals surface area contributed by atoms with Crippen LogP contribution in [0, 0.1) is 13.8 Å². The van der Waals surface area contributed by atoms with Gasteiger partial charge in [0.15, 0.2) is 5.78 Å². The summed E-state index contributed by atoms with van der Waals surface area (Å²) < 4.78 is 5.60. The molecule has 0 saturated carbocycles. The number of ether oxygens (including phenoxy) is 1. The van der Waals surface area contributed by atoms with E-state index in [9.17, 15) is 4.79 Å². The zero-order valence-electron chi connectivity index (χ0n) is 10.1. The molecule has 0 spiro atoms. The SMILES string of the molecule is Cc1cc(OC(C)C)cc(C)c1C(=O)CCl. The molecule has 0 atom stereocenters. The van der Waals surface area contributed by atoms with Crippen molar-refractivity contribution in [3.8, 4) is 5.75 Å². The molecule has 0 aliphatic heterocycles. The monoisotopic (exact) mass is 240 g/mol. The lowest BCUT2D eigenvalue weighted by Gasteiger charge is -2.14. The predicted octanol–water partition coefficient (Wildman–Crippen LogP) is 3.51. The van der Waals surface area contributed by atoms with Crippen molar-refractivity contribution in [1.29, 1.82) is 0 Å². The van der Waals surface area contributed by atoms with E-state index in [0.29, 0.717) is 5.56 Å². The topological polar surface area (TPSA) is 26.3 Å². The lowest BCUT2D eigenvalue weighted by Crippen LogP contribution is -2.09. The number of hydrogen-bond acceptors (Lipinski definition) is 2. The second kappa shape index (κ2) is 5.35. The van der Waals surface area contributed by atoms with Crippen LogP contribution in [0.5, 0.6) is 5.75 Å². The zero-order chi connectivity index (χ0) is 12.3. The molecule has 0 amide bonds. The fourth-order valence-corrected chi connectivity index (χ4v) is 1.90. The summed E-state index contributed by atoms with van der Waals surface area (Å²) in [4.78, 5) is 11.6. The van der Waals surface area contributed by atoms with Crippen molar-refractivity contribution in [3.05, 3.63) is 28.8 Å². The Kier molecular flexibility index (Phi) is 4.36. The molecular weight excluding hydrogens is 224 g/mol. The molecule has 0 saturated heterocycles. The van der Waals surface area contributed by atoms with Crippen LogP contribution in [0.25, 0.3) is 0 Å². The maximum atomic E-state index is 11.6. The Morgan fingerprint density at radius 3 is 2.19 bits per heavy atom. The van der Waals surface area contributed by atoms with Crippen molar-refractivity contribution in [2.75, 3.05) is 5.88 Å². The summed E-state index contributed by atoms with van der Waals surface area (Å²) in [7, 11) is 0. The summed E-state index contributed by atoms with van der Waals surface area (Å²) in [6, 6.07) is 3.76. The van der Waals surface area contributed by atoms with E-state index in [1.54, 1.807) is 0 Å². The first kappa shape index (κ1) is 13.0. The number of carbonyl (C=O) groups excluding carboxylic acids is 1. The number of benzene rings is 1. The fourth-order valence-electron chi connectivity index (χ4n) is 1.77. The molecular formula is C13H17ClO2. The molecule has 3 heteroatoms. The van der Waals surface area contributed by atoms with Crippen LogP contribution in [0.4, 0.5) is 0 Å². The molecule has 1 rings (SSSR count). The number of Topliss-reactive ketones (excluding diaryl/α,β-unsaturated/α-hetero) is 1. The molecule has 16 heavy (non-hydrogen) atoms. The second-order valence-corrected chi connectivity index (χ2v) is 4.42. The van der Waals surface area contributed by atoms with Gasteiger partial charge in [-0.2, -0.15) is 0 Å². The third kappa shape index (κ3) is 2.99. The highest BCUT2D eigenvalue weighted by atomic mass is 35.5. The largest absolute Gasteiger partial charge is 0.491 e. The van der Waals surface area contributed by atoms with Gasteiger partial charge in [-0.3, -0.25) is 4.79 Å². The second-order valence-electron chi connectivity index (χ2n) is 4.16. The van der Waals surface area contributed by atoms with Gasteiger partial charge in [0.2, 0.25) is 0 Å². The summed E-state index contributed by atoms with van der Waals surface area (Å²) in [6.45, 7) is 7.75. The molecule has 1 aromatic carbocycles. The van der Waals surface area contributed by atoms with Crippen LogP contribution in [0.2, 0.25) is 0 Å². The molecule has 0 aromatic heterocycles. The molecule has 0 fully saturated rings. The Hall–Kier alpha value is -1.02. The Bertz CT molecular complexity index is 374. The van der Waals surface area contributed by atoms with Crippen LogP contribution in [0.1, 0.15) is 35.3 Å². The van der Waals surface area contributed by atoms with E-state index < -0.39 is 0 Å². The molecule has 0 N–H and O–H groups in total. The minimum Gasteiger partial charge on any atom is -0.491 e. The highest BCUT2D eigenvalue weighted by Crippen LogP contribution is 2.23. The number of ketones is 1. The van der Waals surface area contributed by atoms with Gasteiger partial charge < -0.3 is 4.74 Å². The standard InChI is InChI=1S/C13H17ClO2/c1-8(2)16-11-5-9(3)13(10(4)6-11)12(15)7-14/h5-6,8H,7H2,1-4H3. The average molecular weight is 241 g/mol. The third-order valence-electron chi connectivity index (χ3n) is 2.28. The summed E-state index contributed by atoms with van der Waals surface area (Å²) in [6.07, 6.45) is 0.133. The lowest BCUT2D eigenvalue weighted by atomic mass is 9.99. The van der Waals surface area contributed by atoms with Crippen LogP contribution >= 0.6 is 11.6 Å². The molecule has 1 aromatic rings. The zero-order valence-corrected chi connectivity index (χ0v) is 10.9. The van der Waals surface area contributed by atoms with E-state index in [-0.39, 0.29) is 17.8 Å². The van der Waals surface area contributed by atoms with E-state index in [1.807, 2.05) is 39.8 Å². The van der Waals surface area contributed by atoms with Gasteiger partial charge in [-0.25, -0.2) is 0 Å². The van der Waals surface area contributed by atoms with E-state index in [1.165, 1.54) is 0 Å². The van der Waals surface area contributed by atoms with E-state index in [2.05, 4.69) is 0 Å². The lowest BCUT2D eigenvalue weighted by molar-refractivity contribution is 0.102. The highest BCUT2D eigenvalue weighted by Gasteiger charge is 2.13. The van der Waals surface area contributed by atoms with Crippen molar-refractivity contribution in [2.45, 2.75) is 33.8 Å². The summed E-state index contributed by atoms with van der Waals surface area (Å²) in [5.41, 5.74) is 2.55. The van der Waals surface area contributed by atoms with Gasteiger partial charge in [-0.05, 0) is 51.0 Å². The first-order chi connectivity index (χ1) is 7.45. The Morgan fingerprint density at radius 1 is 1.31 bits per heavy atom. The maximum Gasteiger partial charge on any atom is 0.178 e. The van der Waals surface area contributed by atoms with Crippen molar-refractivity contribution >= 4 is 17.4 Å².